The Morgan fingerprint density at radius 3 is 2.14 bits per heavy atom. The van der Waals surface area contributed by atoms with E-state index in [1.807, 2.05) is 0 Å². The summed E-state index contributed by atoms with van der Waals surface area (Å²) in [5, 5.41) is 3.48. The smallest absolute Gasteiger partial charge is 0.130 e. The minimum absolute atomic E-state index is 0.563. The van der Waals surface area contributed by atoms with E-state index >= 15 is 0 Å². The van der Waals surface area contributed by atoms with Crippen molar-refractivity contribution in [1.82, 2.24) is 20.0 Å². The lowest BCUT2D eigenvalue weighted by Gasteiger charge is -2.38. The predicted molar refractivity (Wildman–Crippen MR) is 116 cm³/mol. The number of rotatable bonds is 6. The fourth-order valence-corrected chi connectivity index (χ4v) is 5.06. The fourth-order valence-electron chi connectivity index (χ4n) is 5.06. The van der Waals surface area contributed by atoms with Crippen molar-refractivity contribution < 1.29 is 0 Å². The molecule has 0 aliphatic carbocycles. The zero-order valence-corrected chi connectivity index (χ0v) is 17.4. The second-order valence-electron chi connectivity index (χ2n) is 9.04. The van der Waals surface area contributed by atoms with Crippen LogP contribution in [0.3, 0.4) is 0 Å². The van der Waals surface area contributed by atoms with Crippen LogP contribution in [0, 0.1) is 11.8 Å². The number of hydrogen-bond donors (Lipinski definition) is 2. The Labute approximate surface area is 170 Å². The molecule has 6 nitrogen and oxygen atoms in total. The average molecular weight is 387 g/mol. The number of aliphatic imine (C=N–C) groups is 1. The van der Waals surface area contributed by atoms with E-state index in [9.17, 15) is 0 Å². The van der Waals surface area contributed by atoms with Crippen LogP contribution in [0.15, 0.2) is 28.9 Å². The summed E-state index contributed by atoms with van der Waals surface area (Å²) in [7, 11) is 0. The molecule has 0 aromatic heterocycles. The zero-order valence-electron chi connectivity index (χ0n) is 17.4. The van der Waals surface area contributed by atoms with Crippen molar-refractivity contribution >= 4 is 5.84 Å². The molecule has 3 saturated heterocycles. The highest BCUT2D eigenvalue weighted by atomic mass is 15.3. The van der Waals surface area contributed by atoms with Gasteiger partial charge in [-0.3, -0.25) is 4.90 Å². The van der Waals surface area contributed by atoms with Crippen molar-refractivity contribution in [2.24, 2.45) is 22.6 Å². The van der Waals surface area contributed by atoms with Gasteiger partial charge in [0.05, 0.1) is 0 Å². The summed E-state index contributed by atoms with van der Waals surface area (Å²) in [5.41, 5.74) is 7.92. The quantitative estimate of drug-likeness (QED) is 0.717. The molecule has 0 saturated carbocycles. The lowest BCUT2D eigenvalue weighted by molar-refractivity contribution is 0.0959. The Hall–Kier alpha value is -1.21. The number of piperazine rings is 1. The van der Waals surface area contributed by atoms with Crippen LogP contribution in [-0.2, 0) is 0 Å². The summed E-state index contributed by atoms with van der Waals surface area (Å²) in [6, 6.07) is 0. The van der Waals surface area contributed by atoms with Gasteiger partial charge in [0.15, 0.2) is 0 Å². The monoisotopic (exact) mass is 386 g/mol. The Kier molecular flexibility index (Phi) is 6.83. The number of allylic oxidation sites excluding steroid dienone is 1. The van der Waals surface area contributed by atoms with E-state index in [2.05, 4.69) is 37.7 Å². The molecule has 0 spiro atoms. The molecule has 4 rings (SSSR count). The Morgan fingerprint density at radius 1 is 0.929 bits per heavy atom. The number of amidine groups is 1. The van der Waals surface area contributed by atoms with E-state index in [1.165, 1.54) is 97.7 Å². The molecule has 0 unspecified atom stereocenters. The molecule has 3 N–H and O–H groups in total. The Bertz CT molecular complexity index is 590. The van der Waals surface area contributed by atoms with Gasteiger partial charge in [-0.2, -0.15) is 0 Å². The molecule has 4 heterocycles. The van der Waals surface area contributed by atoms with Crippen LogP contribution in [0.5, 0.6) is 0 Å². The molecular weight excluding hydrogens is 348 g/mol. The number of hydrogen-bond acceptors (Lipinski definition) is 6. The van der Waals surface area contributed by atoms with Crippen molar-refractivity contribution in [3.8, 4) is 0 Å². The van der Waals surface area contributed by atoms with E-state index in [0.717, 1.165) is 17.2 Å². The lowest BCUT2D eigenvalue weighted by atomic mass is 9.93. The normalized spacial score (nSPS) is 27.2. The average Bonchev–Trinajstić information content (AvgIpc) is 3.07. The Balaban J connectivity index is 1.11. The topological polar surface area (TPSA) is 60.1 Å². The second-order valence-corrected chi connectivity index (χ2v) is 9.04. The first kappa shape index (κ1) is 20.1. The van der Waals surface area contributed by atoms with Crippen LogP contribution >= 0.6 is 0 Å². The van der Waals surface area contributed by atoms with Gasteiger partial charge in [-0.05, 0) is 63.9 Å². The zero-order chi connectivity index (χ0) is 19.3. The summed E-state index contributed by atoms with van der Waals surface area (Å²) in [5.74, 6) is 2.09. The van der Waals surface area contributed by atoms with Crippen LogP contribution in [0.2, 0.25) is 0 Å². The van der Waals surface area contributed by atoms with Gasteiger partial charge in [0, 0.05) is 63.0 Å². The molecule has 0 aromatic carbocycles. The van der Waals surface area contributed by atoms with Gasteiger partial charge < -0.3 is 20.9 Å². The summed E-state index contributed by atoms with van der Waals surface area (Å²) in [6.07, 6.45) is 7.19. The SMILES string of the molecule is C=C1C=C(C2CCN(CCN3CCN(CC4CCNCC4)CC3)CC2)N=C1N. The maximum absolute atomic E-state index is 5.87. The maximum Gasteiger partial charge on any atom is 0.130 e. The van der Waals surface area contributed by atoms with Crippen LogP contribution in [0.4, 0.5) is 0 Å². The highest BCUT2D eigenvalue weighted by Gasteiger charge is 2.26. The first-order valence-corrected chi connectivity index (χ1v) is 11.3. The van der Waals surface area contributed by atoms with Crippen molar-refractivity contribution in [3.63, 3.8) is 0 Å². The molecule has 0 amide bonds. The summed E-state index contributed by atoms with van der Waals surface area (Å²) in [6.45, 7) is 17.5. The van der Waals surface area contributed by atoms with Crippen molar-refractivity contribution in [2.75, 3.05) is 72.0 Å². The van der Waals surface area contributed by atoms with Gasteiger partial charge >= 0.3 is 0 Å². The third-order valence-electron chi connectivity index (χ3n) is 7.08. The van der Waals surface area contributed by atoms with E-state index in [0.29, 0.717) is 11.8 Å². The van der Waals surface area contributed by atoms with Crippen molar-refractivity contribution in [2.45, 2.75) is 25.7 Å². The van der Waals surface area contributed by atoms with Gasteiger partial charge in [0.2, 0.25) is 0 Å². The minimum atomic E-state index is 0.563. The summed E-state index contributed by atoms with van der Waals surface area (Å²) < 4.78 is 0. The fraction of sp³-hybridized carbons (Fsp3) is 0.773. The number of nitrogens with zero attached hydrogens (tertiary/aromatic N) is 4. The molecule has 0 radical (unpaired) electrons. The lowest BCUT2D eigenvalue weighted by Crippen LogP contribution is -2.50. The second kappa shape index (κ2) is 9.53. The summed E-state index contributed by atoms with van der Waals surface area (Å²) in [4.78, 5) is 12.5. The summed E-state index contributed by atoms with van der Waals surface area (Å²) >= 11 is 0. The molecule has 0 atom stereocenters. The third kappa shape index (κ3) is 5.23. The molecule has 6 heteroatoms. The van der Waals surface area contributed by atoms with Crippen molar-refractivity contribution in [1.29, 1.82) is 0 Å². The van der Waals surface area contributed by atoms with Crippen molar-refractivity contribution in [3.05, 3.63) is 23.9 Å². The molecular formula is C22H38N6. The van der Waals surface area contributed by atoms with Crippen LogP contribution < -0.4 is 11.1 Å². The molecule has 0 bridgehead atoms. The highest BCUT2D eigenvalue weighted by molar-refractivity contribution is 6.02. The predicted octanol–water partition coefficient (Wildman–Crippen LogP) is 1.13. The third-order valence-corrected chi connectivity index (χ3v) is 7.08. The number of nitrogens with two attached hydrogens (primary N) is 1. The van der Waals surface area contributed by atoms with E-state index < -0.39 is 0 Å². The first-order valence-electron chi connectivity index (χ1n) is 11.3. The number of piperidine rings is 2. The molecule has 4 aliphatic rings. The van der Waals surface area contributed by atoms with E-state index in [-0.39, 0.29) is 0 Å². The first-order chi connectivity index (χ1) is 13.7. The Morgan fingerprint density at radius 2 is 1.54 bits per heavy atom. The standard InChI is InChI=1S/C22H38N6/c1-18-16-21(25-22(18)23)20-4-8-26(9-5-20)10-11-27-12-14-28(15-13-27)17-19-2-6-24-7-3-19/h16,19-20,24H,1-15,17H2,(H2,23,25). The van der Waals surface area contributed by atoms with Gasteiger partial charge in [-0.15, -0.1) is 0 Å². The van der Waals surface area contributed by atoms with Crippen LogP contribution in [0.1, 0.15) is 25.7 Å². The minimum Gasteiger partial charge on any atom is -0.383 e. The number of nitrogens with one attached hydrogen (secondary N) is 1. The van der Waals surface area contributed by atoms with Gasteiger partial charge in [-0.1, -0.05) is 6.58 Å². The van der Waals surface area contributed by atoms with Gasteiger partial charge in [-0.25, -0.2) is 4.99 Å². The molecule has 0 aromatic rings. The largest absolute Gasteiger partial charge is 0.383 e. The van der Waals surface area contributed by atoms with Gasteiger partial charge in [0.25, 0.3) is 0 Å². The van der Waals surface area contributed by atoms with Gasteiger partial charge in [0.1, 0.15) is 5.84 Å². The maximum atomic E-state index is 5.87. The van der Waals surface area contributed by atoms with E-state index in [4.69, 9.17) is 5.73 Å². The molecule has 3 fully saturated rings. The van der Waals surface area contributed by atoms with E-state index in [1.54, 1.807) is 0 Å². The van der Waals surface area contributed by atoms with Crippen LogP contribution in [0.25, 0.3) is 0 Å². The highest BCUT2D eigenvalue weighted by Crippen LogP contribution is 2.29. The number of likely N-dealkylation sites (tertiary alicyclic amines) is 1. The molecule has 4 aliphatic heterocycles. The molecule has 28 heavy (non-hydrogen) atoms. The molecule has 156 valence electrons. The van der Waals surface area contributed by atoms with Crippen LogP contribution in [-0.4, -0.2) is 92.5 Å².